The molecule has 0 amide bonds. The highest BCUT2D eigenvalue weighted by molar-refractivity contribution is 5.78. The van der Waals surface area contributed by atoms with Crippen LogP contribution < -0.4 is 10.6 Å². The summed E-state index contributed by atoms with van der Waals surface area (Å²) in [6.07, 6.45) is 16.6. The minimum Gasteiger partial charge on any atom is -0.388 e. The van der Waals surface area contributed by atoms with Crippen LogP contribution >= 0.6 is 0 Å². The molecule has 3 N–H and O–H groups in total. The van der Waals surface area contributed by atoms with Crippen LogP contribution in [-0.2, 0) is 17.8 Å². The number of nitrogens with zero attached hydrogens (tertiary/aromatic N) is 1. The molecule has 0 atom stereocenters. The van der Waals surface area contributed by atoms with Gasteiger partial charge in [0.25, 0.3) is 0 Å². The number of benzene rings is 2. The number of hydrogen-bond acceptors (Lipinski definition) is 4. The predicted octanol–water partition coefficient (Wildman–Crippen LogP) is 6.82. The third-order valence-corrected chi connectivity index (χ3v) is 6.45. The normalized spacial score (nSPS) is 14.8. The summed E-state index contributed by atoms with van der Waals surface area (Å²) >= 11 is 0. The van der Waals surface area contributed by atoms with E-state index in [4.69, 9.17) is 0 Å². The van der Waals surface area contributed by atoms with Crippen molar-refractivity contribution >= 4 is 23.0 Å². The van der Waals surface area contributed by atoms with Gasteiger partial charge in [0.05, 0.1) is 11.0 Å². The number of hydrogen-bond donors (Lipinski definition) is 3. The highest BCUT2D eigenvalue weighted by atomic mass is 16.1. The van der Waals surface area contributed by atoms with E-state index in [1.807, 2.05) is 13.1 Å². The molecule has 36 heavy (non-hydrogen) atoms. The Hall–Kier alpha value is -3.44. The van der Waals surface area contributed by atoms with Gasteiger partial charge in [-0.05, 0) is 49.6 Å². The smallest absolute Gasteiger partial charge is 0.150 e. The lowest BCUT2D eigenvalue weighted by molar-refractivity contribution is -0.104. The van der Waals surface area contributed by atoms with Crippen LogP contribution in [0.2, 0.25) is 0 Å². The Labute approximate surface area is 215 Å². The van der Waals surface area contributed by atoms with E-state index >= 15 is 0 Å². The molecule has 0 unspecified atom stereocenters. The number of carbonyl (C=O) groups excluding carboxylic acids is 1. The van der Waals surface area contributed by atoms with Gasteiger partial charge in [0.2, 0.25) is 0 Å². The van der Waals surface area contributed by atoms with E-state index in [9.17, 15) is 4.79 Å². The average Bonchev–Trinajstić information content (AvgIpc) is 3.12. The third-order valence-electron chi connectivity index (χ3n) is 6.45. The fourth-order valence-electron chi connectivity index (χ4n) is 4.36. The van der Waals surface area contributed by atoms with Gasteiger partial charge in [-0.25, -0.2) is 4.98 Å². The maximum Gasteiger partial charge on any atom is 0.150 e. The van der Waals surface area contributed by atoms with Crippen molar-refractivity contribution in [1.82, 2.24) is 15.3 Å². The first kappa shape index (κ1) is 27.2. The molecule has 0 aliphatic heterocycles. The van der Waals surface area contributed by atoms with Crippen LogP contribution in [0.25, 0.3) is 11.0 Å². The molecule has 1 aliphatic carbocycles. The lowest BCUT2D eigenvalue weighted by Gasteiger charge is -2.16. The number of anilines is 1. The molecule has 5 heteroatoms. The first-order valence-electron chi connectivity index (χ1n) is 13.0. The van der Waals surface area contributed by atoms with Gasteiger partial charge in [-0.3, -0.25) is 4.79 Å². The van der Waals surface area contributed by atoms with Crippen LogP contribution in [0.5, 0.6) is 0 Å². The van der Waals surface area contributed by atoms with Crippen LogP contribution in [0.1, 0.15) is 55.5 Å². The fourth-order valence-corrected chi connectivity index (χ4v) is 4.36. The second-order valence-corrected chi connectivity index (χ2v) is 9.35. The molecule has 190 valence electrons. The van der Waals surface area contributed by atoms with Gasteiger partial charge in [0.15, 0.2) is 0 Å². The number of aromatic nitrogens is 2. The van der Waals surface area contributed by atoms with E-state index in [0.29, 0.717) is 18.0 Å². The molecule has 5 nitrogen and oxygen atoms in total. The summed E-state index contributed by atoms with van der Waals surface area (Å²) in [5.41, 5.74) is 6.40. The van der Waals surface area contributed by atoms with Crippen LogP contribution in [0.4, 0.5) is 5.69 Å². The van der Waals surface area contributed by atoms with Crippen LogP contribution in [0, 0.1) is 6.92 Å². The lowest BCUT2D eigenvalue weighted by atomic mass is 10.1. The highest BCUT2D eigenvalue weighted by Crippen LogP contribution is 2.19. The third kappa shape index (κ3) is 8.97. The number of aryl methyl sites for hydroxylation is 1. The largest absolute Gasteiger partial charge is 0.388 e. The standard InChI is InChI=1S/C23H29N3O.C8H11N/c1-2-8-18(17-27)9-7-12-23-25-21-14-13-19(15-22(21)26-23)16-24-20-10-5-3-4-6-11-20;1-7-3-5-8(9-2)6-4-7/h2,7-9,13-15,17,20,24H,1,3-6,10-12,16H2,(H,25,26);3-6,9H,1-2H3/b9-7-,18-8+;. The summed E-state index contributed by atoms with van der Waals surface area (Å²) in [4.78, 5) is 18.9. The number of carbonyl (C=O) groups is 1. The van der Waals surface area contributed by atoms with Gasteiger partial charge < -0.3 is 15.6 Å². The Morgan fingerprint density at radius 3 is 2.53 bits per heavy atom. The second kappa shape index (κ2) is 14.8. The Morgan fingerprint density at radius 1 is 1.11 bits per heavy atom. The van der Waals surface area contributed by atoms with Crippen molar-refractivity contribution in [3.63, 3.8) is 0 Å². The van der Waals surface area contributed by atoms with Gasteiger partial charge in [0, 0.05) is 37.3 Å². The summed E-state index contributed by atoms with van der Waals surface area (Å²) in [6, 6.07) is 15.4. The van der Waals surface area contributed by atoms with E-state index in [2.05, 4.69) is 76.6 Å². The van der Waals surface area contributed by atoms with Crippen LogP contribution in [0.15, 0.2) is 78.9 Å². The summed E-state index contributed by atoms with van der Waals surface area (Å²) in [6.45, 7) is 6.60. The van der Waals surface area contributed by atoms with Gasteiger partial charge >= 0.3 is 0 Å². The molecular weight excluding hydrogens is 444 g/mol. The molecular formula is C31H40N4O. The van der Waals surface area contributed by atoms with E-state index < -0.39 is 0 Å². The number of allylic oxidation sites excluding steroid dienone is 5. The first-order chi connectivity index (χ1) is 17.6. The van der Waals surface area contributed by atoms with E-state index in [0.717, 1.165) is 29.7 Å². The molecule has 0 radical (unpaired) electrons. The van der Waals surface area contributed by atoms with Crippen molar-refractivity contribution in [2.24, 2.45) is 0 Å². The summed E-state index contributed by atoms with van der Waals surface area (Å²) in [5, 5.41) is 6.78. The predicted molar refractivity (Wildman–Crippen MR) is 152 cm³/mol. The first-order valence-corrected chi connectivity index (χ1v) is 13.0. The molecule has 2 aromatic carbocycles. The van der Waals surface area contributed by atoms with Crippen molar-refractivity contribution in [3.05, 3.63) is 95.9 Å². The second-order valence-electron chi connectivity index (χ2n) is 9.35. The molecule has 0 spiro atoms. The Kier molecular flexibility index (Phi) is 11.2. The van der Waals surface area contributed by atoms with E-state index in [1.54, 1.807) is 18.2 Å². The average molecular weight is 485 g/mol. The highest BCUT2D eigenvalue weighted by Gasteiger charge is 2.11. The van der Waals surface area contributed by atoms with E-state index in [1.165, 1.54) is 55.3 Å². The fraction of sp³-hybridized carbons (Fsp3) is 0.355. The van der Waals surface area contributed by atoms with Crippen molar-refractivity contribution in [2.75, 3.05) is 12.4 Å². The number of fused-ring (bicyclic) bond motifs is 1. The molecule has 0 bridgehead atoms. The Bertz CT molecular complexity index is 1150. The van der Waals surface area contributed by atoms with Gasteiger partial charge in [-0.15, -0.1) is 0 Å². The number of aromatic amines is 1. The zero-order valence-corrected chi connectivity index (χ0v) is 21.7. The summed E-state index contributed by atoms with van der Waals surface area (Å²) in [5.74, 6) is 0.902. The maximum absolute atomic E-state index is 10.9. The van der Waals surface area contributed by atoms with Gasteiger partial charge in [0.1, 0.15) is 12.1 Å². The Balaban J connectivity index is 0.000000338. The van der Waals surface area contributed by atoms with Gasteiger partial charge in [-0.1, -0.05) is 80.3 Å². The SMILES string of the molecule is C=C/C=C(C=O)\C=C/Cc1nc2ccc(CNC3CCCCCC3)cc2[nH]1.CNc1ccc(C)cc1. The topological polar surface area (TPSA) is 69.8 Å². The molecule has 1 heterocycles. The van der Waals surface area contributed by atoms with Crippen molar-refractivity contribution < 1.29 is 4.79 Å². The molecule has 1 fully saturated rings. The van der Waals surface area contributed by atoms with Crippen LogP contribution in [0.3, 0.4) is 0 Å². The molecule has 1 aromatic heterocycles. The monoisotopic (exact) mass is 484 g/mol. The molecule has 4 rings (SSSR count). The zero-order chi connectivity index (χ0) is 25.6. The van der Waals surface area contributed by atoms with Crippen molar-refractivity contribution in [1.29, 1.82) is 0 Å². The lowest BCUT2D eigenvalue weighted by Crippen LogP contribution is -2.27. The minimum atomic E-state index is 0.605. The quantitative estimate of drug-likeness (QED) is 0.135. The zero-order valence-electron chi connectivity index (χ0n) is 21.7. The molecule has 1 saturated carbocycles. The van der Waals surface area contributed by atoms with Crippen molar-refractivity contribution in [2.45, 2.75) is 64.5 Å². The summed E-state index contributed by atoms with van der Waals surface area (Å²) in [7, 11) is 1.92. The molecule has 3 aromatic rings. The molecule has 1 aliphatic rings. The number of nitrogens with one attached hydrogen (secondary N) is 3. The minimum absolute atomic E-state index is 0.605. The van der Waals surface area contributed by atoms with Gasteiger partial charge in [-0.2, -0.15) is 0 Å². The van der Waals surface area contributed by atoms with E-state index in [-0.39, 0.29) is 0 Å². The number of rotatable bonds is 9. The number of H-pyrrole nitrogens is 1. The van der Waals surface area contributed by atoms with Crippen molar-refractivity contribution in [3.8, 4) is 0 Å². The maximum atomic E-state index is 10.9. The summed E-state index contributed by atoms with van der Waals surface area (Å²) < 4.78 is 0. The number of imidazole rings is 1. The number of aldehydes is 1. The van der Waals surface area contributed by atoms with Crippen LogP contribution in [-0.4, -0.2) is 29.3 Å². The Morgan fingerprint density at radius 2 is 1.86 bits per heavy atom. The molecule has 0 saturated heterocycles.